The zero-order chi connectivity index (χ0) is 18.2. The van der Waals surface area contributed by atoms with Gasteiger partial charge in [-0.25, -0.2) is 4.98 Å². The van der Waals surface area contributed by atoms with Gasteiger partial charge in [-0.2, -0.15) is 0 Å². The summed E-state index contributed by atoms with van der Waals surface area (Å²) < 4.78 is 22.4. The number of hydrogen-bond acceptors (Lipinski definition) is 6. The molecule has 2 aromatic rings. The van der Waals surface area contributed by atoms with Gasteiger partial charge in [0.05, 0.1) is 25.5 Å². The van der Waals surface area contributed by atoms with E-state index in [-0.39, 0.29) is 12.7 Å². The molecule has 0 radical (unpaired) electrons. The molecule has 0 spiro atoms. The number of aliphatic hydroxyl groups is 1. The Morgan fingerprint density at radius 1 is 1.12 bits per heavy atom. The minimum absolute atomic E-state index is 0.104. The van der Waals surface area contributed by atoms with Gasteiger partial charge in [0, 0.05) is 18.7 Å². The molecule has 6 nitrogen and oxygen atoms in total. The molecule has 1 saturated heterocycles. The highest BCUT2D eigenvalue weighted by atomic mass is 16.5. The Labute approximate surface area is 153 Å². The molecule has 26 heavy (non-hydrogen) atoms. The number of benzene rings is 1. The quantitative estimate of drug-likeness (QED) is 0.781. The zero-order valence-corrected chi connectivity index (χ0v) is 15.0. The lowest BCUT2D eigenvalue weighted by Gasteiger charge is -2.22. The minimum atomic E-state index is -0.171. The Morgan fingerprint density at radius 2 is 1.96 bits per heavy atom. The summed E-state index contributed by atoms with van der Waals surface area (Å²) in [6.07, 6.45) is 3.37. The smallest absolute Gasteiger partial charge is 0.217 e. The normalized spacial score (nSPS) is 16.9. The summed E-state index contributed by atoms with van der Waals surface area (Å²) in [5.41, 5.74) is 1.53. The highest BCUT2D eigenvalue weighted by molar-refractivity contribution is 5.31. The van der Waals surface area contributed by atoms with Crippen LogP contribution >= 0.6 is 0 Å². The molecule has 1 aliphatic heterocycles. The Hall–Kier alpha value is -2.31. The van der Waals surface area contributed by atoms with Crippen molar-refractivity contribution in [3.63, 3.8) is 0 Å². The van der Waals surface area contributed by atoms with E-state index in [0.717, 1.165) is 37.2 Å². The summed E-state index contributed by atoms with van der Waals surface area (Å²) >= 11 is 0. The Morgan fingerprint density at radius 3 is 2.65 bits per heavy atom. The van der Waals surface area contributed by atoms with Crippen LogP contribution in [0.15, 0.2) is 36.4 Å². The SMILES string of the molecule is COc1ccc(COc2cc(CO)nc(OCC3CCCCO3)c2)cc1. The summed E-state index contributed by atoms with van der Waals surface area (Å²) in [7, 11) is 1.64. The maximum atomic E-state index is 9.43. The van der Waals surface area contributed by atoms with E-state index in [0.29, 0.717) is 30.5 Å². The molecule has 1 aromatic heterocycles. The Bertz CT molecular complexity index is 683. The molecule has 0 saturated carbocycles. The van der Waals surface area contributed by atoms with Crippen molar-refractivity contribution in [3.05, 3.63) is 47.7 Å². The lowest BCUT2D eigenvalue weighted by molar-refractivity contribution is -0.0120. The highest BCUT2D eigenvalue weighted by Crippen LogP contribution is 2.22. The first-order valence-corrected chi connectivity index (χ1v) is 8.89. The summed E-state index contributed by atoms with van der Waals surface area (Å²) in [6, 6.07) is 11.1. The van der Waals surface area contributed by atoms with Crippen LogP contribution in [0.1, 0.15) is 30.5 Å². The fourth-order valence-electron chi connectivity index (χ4n) is 2.78. The van der Waals surface area contributed by atoms with Crippen LogP contribution in [-0.2, 0) is 18.0 Å². The number of hydrogen-bond donors (Lipinski definition) is 1. The van der Waals surface area contributed by atoms with Crippen molar-refractivity contribution in [3.8, 4) is 17.4 Å². The van der Waals surface area contributed by atoms with E-state index < -0.39 is 0 Å². The van der Waals surface area contributed by atoms with Gasteiger partial charge in [0.1, 0.15) is 24.7 Å². The van der Waals surface area contributed by atoms with E-state index >= 15 is 0 Å². The van der Waals surface area contributed by atoms with E-state index in [4.69, 9.17) is 18.9 Å². The Balaban J connectivity index is 1.60. The zero-order valence-electron chi connectivity index (χ0n) is 15.0. The molecule has 3 rings (SSSR count). The fraction of sp³-hybridized carbons (Fsp3) is 0.450. The summed E-state index contributed by atoms with van der Waals surface area (Å²) in [5.74, 6) is 1.86. The lowest BCUT2D eigenvalue weighted by atomic mass is 10.1. The van der Waals surface area contributed by atoms with Crippen molar-refractivity contribution in [2.45, 2.75) is 38.6 Å². The van der Waals surface area contributed by atoms with E-state index in [1.807, 2.05) is 24.3 Å². The van der Waals surface area contributed by atoms with E-state index in [2.05, 4.69) is 4.98 Å². The molecule has 1 aliphatic rings. The van der Waals surface area contributed by atoms with Gasteiger partial charge in [-0.3, -0.25) is 0 Å². The van der Waals surface area contributed by atoms with Crippen LogP contribution in [0, 0.1) is 0 Å². The van der Waals surface area contributed by atoms with Crippen LogP contribution in [-0.4, -0.2) is 36.5 Å². The fourth-order valence-corrected chi connectivity index (χ4v) is 2.78. The third-order valence-electron chi connectivity index (χ3n) is 4.25. The first-order valence-electron chi connectivity index (χ1n) is 8.89. The average Bonchev–Trinajstić information content (AvgIpc) is 2.71. The maximum absolute atomic E-state index is 9.43. The van der Waals surface area contributed by atoms with Crippen LogP contribution in [0.5, 0.6) is 17.4 Å². The molecule has 1 fully saturated rings. The third kappa shape index (κ3) is 5.34. The van der Waals surface area contributed by atoms with Crippen LogP contribution in [0.25, 0.3) is 0 Å². The predicted octanol–water partition coefficient (Wildman–Crippen LogP) is 3.11. The number of aromatic nitrogens is 1. The first-order chi connectivity index (χ1) is 12.8. The van der Waals surface area contributed by atoms with Gasteiger partial charge in [-0.05, 0) is 37.0 Å². The number of rotatable bonds is 8. The van der Waals surface area contributed by atoms with Gasteiger partial charge >= 0.3 is 0 Å². The van der Waals surface area contributed by atoms with Crippen LogP contribution in [0.3, 0.4) is 0 Å². The van der Waals surface area contributed by atoms with Gasteiger partial charge in [0.15, 0.2) is 0 Å². The summed E-state index contributed by atoms with van der Waals surface area (Å²) in [4.78, 5) is 4.29. The second-order valence-corrected chi connectivity index (χ2v) is 6.23. The number of nitrogens with zero attached hydrogens (tertiary/aromatic N) is 1. The van der Waals surface area contributed by atoms with Crippen molar-refractivity contribution in [1.29, 1.82) is 0 Å². The average molecular weight is 359 g/mol. The molecule has 1 unspecified atom stereocenters. The number of methoxy groups -OCH3 is 1. The maximum Gasteiger partial charge on any atom is 0.217 e. The van der Waals surface area contributed by atoms with Crippen LogP contribution in [0.4, 0.5) is 0 Å². The van der Waals surface area contributed by atoms with Crippen molar-refractivity contribution >= 4 is 0 Å². The number of aliphatic hydroxyl groups excluding tert-OH is 1. The minimum Gasteiger partial charge on any atom is -0.497 e. The Kier molecular flexibility index (Phi) is 6.68. The topological polar surface area (TPSA) is 70.0 Å². The molecule has 1 aromatic carbocycles. The molecule has 0 aliphatic carbocycles. The second kappa shape index (κ2) is 9.40. The van der Waals surface area contributed by atoms with Crippen LogP contribution in [0.2, 0.25) is 0 Å². The van der Waals surface area contributed by atoms with Crippen molar-refractivity contribution in [2.24, 2.45) is 0 Å². The summed E-state index contributed by atoms with van der Waals surface area (Å²) in [6.45, 7) is 1.48. The number of ether oxygens (including phenoxy) is 4. The highest BCUT2D eigenvalue weighted by Gasteiger charge is 2.15. The molecular formula is C20H25NO5. The van der Waals surface area contributed by atoms with E-state index in [1.54, 1.807) is 19.2 Å². The second-order valence-electron chi connectivity index (χ2n) is 6.23. The molecular weight excluding hydrogens is 334 g/mol. The molecule has 0 amide bonds. The van der Waals surface area contributed by atoms with E-state index in [1.165, 1.54) is 0 Å². The summed E-state index contributed by atoms with van der Waals surface area (Å²) in [5, 5.41) is 9.43. The van der Waals surface area contributed by atoms with Gasteiger partial charge in [0.2, 0.25) is 5.88 Å². The number of pyridine rings is 1. The molecule has 1 atom stereocenters. The molecule has 140 valence electrons. The molecule has 0 bridgehead atoms. The van der Waals surface area contributed by atoms with Crippen molar-refractivity contribution < 1.29 is 24.1 Å². The molecule has 1 N–H and O–H groups in total. The van der Waals surface area contributed by atoms with Crippen molar-refractivity contribution in [1.82, 2.24) is 4.98 Å². The monoisotopic (exact) mass is 359 g/mol. The molecule has 2 heterocycles. The van der Waals surface area contributed by atoms with E-state index in [9.17, 15) is 5.11 Å². The van der Waals surface area contributed by atoms with Crippen LogP contribution < -0.4 is 14.2 Å². The van der Waals surface area contributed by atoms with Crippen molar-refractivity contribution in [2.75, 3.05) is 20.3 Å². The lowest BCUT2D eigenvalue weighted by Crippen LogP contribution is -2.26. The van der Waals surface area contributed by atoms with Gasteiger partial charge in [-0.1, -0.05) is 12.1 Å². The largest absolute Gasteiger partial charge is 0.497 e. The molecule has 6 heteroatoms. The van der Waals surface area contributed by atoms with Gasteiger partial charge in [0.25, 0.3) is 0 Å². The van der Waals surface area contributed by atoms with Gasteiger partial charge in [-0.15, -0.1) is 0 Å². The first kappa shape index (κ1) is 18.5. The third-order valence-corrected chi connectivity index (χ3v) is 4.25. The predicted molar refractivity (Wildman–Crippen MR) is 96.6 cm³/mol. The standard InChI is InChI=1S/C20H25NO5/c1-23-17-7-5-15(6-8-17)13-25-19-10-16(12-22)21-20(11-19)26-14-18-4-2-3-9-24-18/h5-8,10-11,18,22H,2-4,9,12-14H2,1H3. The van der Waals surface area contributed by atoms with Gasteiger partial charge < -0.3 is 24.1 Å².